The molecule has 2 rings (SSSR count). The summed E-state index contributed by atoms with van der Waals surface area (Å²) in [4.78, 5) is 2.55. The average molecular weight is 278 g/mol. The number of likely N-dealkylation sites (tertiary alicyclic amines) is 1. The van der Waals surface area contributed by atoms with Crippen LogP contribution in [0.2, 0.25) is 0 Å². The van der Waals surface area contributed by atoms with Crippen LogP contribution in [0.15, 0.2) is 24.3 Å². The van der Waals surface area contributed by atoms with Gasteiger partial charge < -0.3 is 14.8 Å². The molecule has 0 radical (unpaired) electrons. The maximum Gasteiger partial charge on any atom is 0.123 e. The van der Waals surface area contributed by atoms with Crippen LogP contribution in [0.1, 0.15) is 18.4 Å². The fraction of sp³-hybridized carbons (Fsp3) is 0.625. The van der Waals surface area contributed by atoms with Gasteiger partial charge in [0.1, 0.15) is 5.75 Å². The zero-order chi connectivity index (χ0) is 14.2. The first-order valence-corrected chi connectivity index (χ1v) is 7.40. The van der Waals surface area contributed by atoms with Crippen molar-refractivity contribution in [2.45, 2.75) is 25.4 Å². The van der Waals surface area contributed by atoms with Crippen LogP contribution >= 0.6 is 0 Å². The molecule has 0 spiro atoms. The van der Waals surface area contributed by atoms with E-state index < -0.39 is 0 Å². The predicted octanol–water partition coefficient (Wildman–Crippen LogP) is 1.90. The largest absolute Gasteiger partial charge is 0.496 e. The molecule has 112 valence electrons. The third-order valence-electron chi connectivity index (χ3n) is 3.93. The number of para-hydroxylation sites is 1. The molecule has 1 fully saturated rings. The minimum Gasteiger partial charge on any atom is -0.496 e. The monoisotopic (exact) mass is 278 g/mol. The zero-order valence-electron chi connectivity index (χ0n) is 12.6. The lowest BCUT2D eigenvalue weighted by molar-refractivity contribution is 0.190. The summed E-state index contributed by atoms with van der Waals surface area (Å²) in [6, 6.07) is 8.93. The van der Waals surface area contributed by atoms with Gasteiger partial charge in [0.05, 0.1) is 13.7 Å². The van der Waals surface area contributed by atoms with Crippen LogP contribution in [-0.4, -0.2) is 51.4 Å². The van der Waals surface area contributed by atoms with Gasteiger partial charge in [0.2, 0.25) is 0 Å². The van der Waals surface area contributed by atoms with Crippen molar-refractivity contribution in [3.8, 4) is 5.75 Å². The molecule has 1 aliphatic heterocycles. The maximum absolute atomic E-state index is 5.45. The summed E-state index contributed by atoms with van der Waals surface area (Å²) < 4.78 is 10.5. The van der Waals surface area contributed by atoms with Crippen LogP contribution in [-0.2, 0) is 11.3 Å². The van der Waals surface area contributed by atoms with Crippen molar-refractivity contribution in [1.29, 1.82) is 0 Å². The van der Waals surface area contributed by atoms with Crippen molar-refractivity contribution in [2.24, 2.45) is 0 Å². The van der Waals surface area contributed by atoms with E-state index in [-0.39, 0.29) is 0 Å². The van der Waals surface area contributed by atoms with E-state index in [0.717, 1.165) is 32.0 Å². The summed E-state index contributed by atoms with van der Waals surface area (Å²) in [5.41, 5.74) is 1.28. The second kappa shape index (κ2) is 8.25. The van der Waals surface area contributed by atoms with Gasteiger partial charge in [-0.15, -0.1) is 0 Å². The van der Waals surface area contributed by atoms with Gasteiger partial charge in [-0.3, -0.25) is 4.90 Å². The molecule has 1 aromatic carbocycles. The lowest BCUT2D eigenvalue weighted by Gasteiger charge is -2.25. The third kappa shape index (κ3) is 4.20. The molecule has 1 unspecified atom stereocenters. The zero-order valence-corrected chi connectivity index (χ0v) is 12.6. The first-order chi connectivity index (χ1) is 9.85. The molecule has 0 saturated carbocycles. The van der Waals surface area contributed by atoms with E-state index in [4.69, 9.17) is 9.47 Å². The van der Waals surface area contributed by atoms with Gasteiger partial charge in [-0.2, -0.15) is 0 Å². The van der Waals surface area contributed by atoms with Gasteiger partial charge in [-0.25, -0.2) is 0 Å². The summed E-state index contributed by atoms with van der Waals surface area (Å²) >= 11 is 0. The lowest BCUT2D eigenvalue weighted by Crippen LogP contribution is -2.38. The number of benzene rings is 1. The maximum atomic E-state index is 5.45. The summed E-state index contributed by atoms with van der Waals surface area (Å²) in [5.74, 6) is 0.991. The minimum absolute atomic E-state index is 0.622. The third-order valence-corrected chi connectivity index (χ3v) is 3.93. The molecule has 0 aliphatic carbocycles. The van der Waals surface area contributed by atoms with E-state index in [0.29, 0.717) is 6.04 Å². The molecule has 4 heteroatoms. The van der Waals surface area contributed by atoms with Gasteiger partial charge in [0.25, 0.3) is 0 Å². The molecule has 1 aliphatic rings. The minimum atomic E-state index is 0.622. The average Bonchev–Trinajstić information content (AvgIpc) is 2.91. The van der Waals surface area contributed by atoms with Crippen molar-refractivity contribution in [1.82, 2.24) is 10.2 Å². The van der Waals surface area contributed by atoms with Crippen molar-refractivity contribution < 1.29 is 9.47 Å². The number of hydrogen-bond donors (Lipinski definition) is 1. The molecule has 1 heterocycles. The normalized spacial score (nSPS) is 19.4. The summed E-state index contributed by atoms with van der Waals surface area (Å²) in [5, 5.41) is 3.47. The Balaban J connectivity index is 1.87. The van der Waals surface area contributed by atoms with Crippen molar-refractivity contribution in [3.05, 3.63) is 29.8 Å². The van der Waals surface area contributed by atoms with E-state index in [1.807, 2.05) is 12.1 Å². The smallest absolute Gasteiger partial charge is 0.123 e. The number of rotatable bonds is 8. The number of hydrogen-bond acceptors (Lipinski definition) is 4. The highest BCUT2D eigenvalue weighted by Gasteiger charge is 2.24. The second-order valence-electron chi connectivity index (χ2n) is 5.28. The number of nitrogens with zero attached hydrogens (tertiary/aromatic N) is 1. The Labute approximate surface area is 122 Å². The Kier molecular flexibility index (Phi) is 6.30. The van der Waals surface area contributed by atoms with Gasteiger partial charge >= 0.3 is 0 Å². The SMILES string of the molecule is COCCNCC1CCCN1Cc1ccccc1OC. The highest BCUT2D eigenvalue weighted by molar-refractivity contribution is 5.33. The summed E-state index contributed by atoms with van der Waals surface area (Å²) in [7, 11) is 3.48. The Morgan fingerprint density at radius 3 is 2.95 bits per heavy atom. The number of methoxy groups -OCH3 is 2. The van der Waals surface area contributed by atoms with E-state index in [9.17, 15) is 0 Å². The Bertz CT molecular complexity index is 398. The molecule has 1 atom stereocenters. The molecular formula is C16H26N2O2. The van der Waals surface area contributed by atoms with E-state index in [2.05, 4.69) is 22.3 Å². The number of ether oxygens (including phenoxy) is 2. The predicted molar refractivity (Wildman–Crippen MR) is 81.2 cm³/mol. The standard InChI is InChI=1S/C16H26N2O2/c1-19-11-9-17-12-15-7-5-10-18(15)13-14-6-3-4-8-16(14)20-2/h3-4,6,8,15,17H,5,7,9-13H2,1-2H3. The lowest BCUT2D eigenvalue weighted by atomic mass is 10.1. The number of nitrogens with one attached hydrogen (secondary N) is 1. The highest BCUT2D eigenvalue weighted by atomic mass is 16.5. The summed E-state index contributed by atoms with van der Waals surface area (Å²) in [6.45, 7) is 4.89. The van der Waals surface area contributed by atoms with Crippen LogP contribution in [0.4, 0.5) is 0 Å². The van der Waals surface area contributed by atoms with Crippen LogP contribution < -0.4 is 10.1 Å². The van der Waals surface area contributed by atoms with E-state index >= 15 is 0 Å². The molecule has 20 heavy (non-hydrogen) atoms. The van der Waals surface area contributed by atoms with Crippen molar-refractivity contribution in [2.75, 3.05) is 40.5 Å². The van der Waals surface area contributed by atoms with Gasteiger partial charge in [0.15, 0.2) is 0 Å². The Morgan fingerprint density at radius 1 is 1.30 bits per heavy atom. The van der Waals surface area contributed by atoms with E-state index in [1.54, 1.807) is 14.2 Å². The molecule has 4 nitrogen and oxygen atoms in total. The molecule has 0 amide bonds. The Morgan fingerprint density at radius 2 is 2.15 bits per heavy atom. The highest BCUT2D eigenvalue weighted by Crippen LogP contribution is 2.24. The van der Waals surface area contributed by atoms with Gasteiger partial charge in [0, 0.05) is 38.3 Å². The van der Waals surface area contributed by atoms with Gasteiger partial charge in [-0.05, 0) is 25.5 Å². The fourth-order valence-electron chi connectivity index (χ4n) is 2.83. The van der Waals surface area contributed by atoms with Gasteiger partial charge in [-0.1, -0.05) is 18.2 Å². The first-order valence-electron chi connectivity index (χ1n) is 7.40. The first kappa shape index (κ1) is 15.3. The summed E-state index contributed by atoms with van der Waals surface area (Å²) in [6.07, 6.45) is 2.56. The topological polar surface area (TPSA) is 33.7 Å². The van der Waals surface area contributed by atoms with Crippen LogP contribution in [0.3, 0.4) is 0 Å². The molecule has 1 saturated heterocycles. The quantitative estimate of drug-likeness (QED) is 0.736. The van der Waals surface area contributed by atoms with Crippen molar-refractivity contribution in [3.63, 3.8) is 0 Å². The second-order valence-corrected chi connectivity index (χ2v) is 5.28. The van der Waals surface area contributed by atoms with Crippen LogP contribution in [0.5, 0.6) is 5.75 Å². The molecule has 0 aromatic heterocycles. The molecule has 0 bridgehead atoms. The van der Waals surface area contributed by atoms with Crippen molar-refractivity contribution >= 4 is 0 Å². The van der Waals surface area contributed by atoms with Crippen LogP contribution in [0, 0.1) is 0 Å². The fourth-order valence-corrected chi connectivity index (χ4v) is 2.83. The molecule has 1 aromatic rings. The van der Waals surface area contributed by atoms with Crippen LogP contribution in [0.25, 0.3) is 0 Å². The Hall–Kier alpha value is -1.10. The van der Waals surface area contributed by atoms with E-state index in [1.165, 1.54) is 24.9 Å². The molecular weight excluding hydrogens is 252 g/mol. The molecule has 1 N–H and O–H groups in total.